The summed E-state index contributed by atoms with van der Waals surface area (Å²) in [7, 11) is 0. The minimum atomic E-state index is -4.96. The molecule has 0 unspecified atom stereocenters. The first-order valence-corrected chi connectivity index (χ1v) is 6.57. The molecule has 112 valence electrons. The zero-order valence-electron chi connectivity index (χ0n) is 10.3. The fourth-order valence-electron chi connectivity index (χ4n) is 1.41. The van der Waals surface area contributed by atoms with Gasteiger partial charge in [0.05, 0.1) is 13.0 Å². The van der Waals surface area contributed by atoms with Crippen molar-refractivity contribution in [2.45, 2.75) is 25.0 Å². The van der Waals surface area contributed by atoms with Crippen LogP contribution in [0.5, 0.6) is 11.6 Å². The number of aromatic nitrogens is 1. The molecule has 1 N–H and O–H groups in total. The Morgan fingerprint density at radius 1 is 1.50 bits per heavy atom. The van der Waals surface area contributed by atoms with E-state index < -0.39 is 24.0 Å². The van der Waals surface area contributed by atoms with Crippen LogP contribution >= 0.6 is 15.9 Å². The van der Waals surface area contributed by atoms with Crippen molar-refractivity contribution in [2.75, 3.05) is 6.61 Å². The third-order valence-corrected chi connectivity index (χ3v) is 2.76. The van der Waals surface area contributed by atoms with E-state index in [4.69, 9.17) is 4.74 Å². The lowest BCUT2D eigenvalue weighted by molar-refractivity contribution is -0.276. The molecule has 0 radical (unpaired) electrons. The molecule has 5 nitrogen and oxygen atoms in total. The molecule has 0 spiro atoms. The number of esters is 1. The topological polar surface area (TPSA) is 68.7 Å². The number of alkyl halides is 4. The van der Waals surface area contributed by atoms with Gasteiger partial charge in [0.15, 0.2) is 5.75 Å². The number of rotatable bonds is 5. The predicted octanol–water partition coefficient (Wildman–Crippen LogP) is 2.69. The molecule has 0 aliphatic heterocycles. The number of hydrogen-bond acceptors (Lipinski definition) is 5. The zero-order valence-corrected chi connectivity index (χ0v) is 11.9. The number of carbonyl (C=O) groups is 1. The molecule has 9 heteroatoms. The van der Waals surface area contributed by atoms with Crippen LogP contribution in [0.2, 0.25) is 0 Å². The molecule has 0 amide bonds. The Labute approximate surface area is 120 Å². The summed E-state index contributed by atoms with van der Waals surface area (Å²) in [6, 6.07) is 0. The van der Waals surface area contributed by atoms with E-state index in [1.807, 2.05) is 0 Å². The van der Waals surface area contributed by atoms with Crippen LogP contribution in [0.1, 0.15) is 18.1 Å². The number of nitrogens with zero attached hydrogens (tertiary/aromatic N) is 1. The Morgan fingerprint density at radius 3 is 2.65 bits per heavy atom. The van der Waals surface area contributed by atoms with Crippen LogP contribution < -0.4 is 4.74 Å². The molecule has 0 saturated carbocycles. The van der Waals surface area contributed by atoms with Crippen LogP contribution in [0.15, 0.2) is 6.20 Å². The summed E-state index contributed by atoms with van der Waals surface area (Å²) in [6.45, 7) is 1.80. The van der Waals surface area contributed by atoms with Gasteiger partial charge in [-0.15, -0.1) is 13.2 Å². The smallest absolute Gasteiger partial charge is 0.503 e. The van der Waals surface area contributed by atoms with Crippen molar-refractivity contribution >= 4 is 21.9 Å². The van der Waals surface area contributed by atoms with E-state index in [2.05, 4.69) is 25.7 Å². The van der Waals surface area contributed by atoms with Crippen molar-refractivity contribution in [1.29, 1.82) is 0 Å². The number of pyridine rings is 1. The van der Waals surface area contributed by atoms with Crippen LogP contribution in [-0.4, -0.2) is 29.0 Å². The monoisotopic (exact) mass is 357 g/mol. The average molecular weight is 358 g/mol. The van der Waals surface area contributed by atoms with E-state index in [-0.39, 0.29) is 29.5 Å². The summed E-state index contributed by atoms with van der Waals surface area (Å²) in [5.41, 5.74) is 0.347. The maximum absolute atomic E-state index is 12.1. The van der Waals surface area contributed by atoms with Gasteiger partial charge in [0.2, 0.25) is 0 Å². The van der Waals surface area contributed by atoms with Gasteiger partial charge in [0.25, 0.3) is 5.88 Å². The quantitative estimate of drug-likeness (QED) is 0.648. The maximum Gasteiger partial charge on any atom is 0.574 e. The van der Waals surface area contributed by atoms with Crippen molar-refractivity contribution < 1.29 is 32.5 Å². The number of aromatic hydroxyl groups is 1. The Kier molecular flexibility index (Phi) is 5.61. The predicted molar refractivity (Wildman–Crippen MR) is 65.6 cm³/mol. The van der Waals surface area contributed by atoms with Crippen LogP contribution in [0.3, 0.4) is 0 Å². The molecular formula is C11H11BrF3NO4. The van der Waals surface area contributed by atoms with Gasteiger partial charge in [-0.3, -0.25) is 4.79 Å². The highest BCUT2D eigenvalue weighted by Crippen LogP contribution is 2.35. The van der Waals surface area contributed by atoms with E-state index in [1.165, 1.54) is 0 Å². The van der Waals surface area contributed by atoms with E-state index in [9.17, 15) is 23.1 Å². The largest absolute Gasteiger partial charge is 0.574 e. The minimum Gasteiger partial charge on any atom is -0.503 e. The summed E-state index contributed by atoms with van der Waals surface area (Å²) in [4.78, 5) is 14.7. The highest BCUT2D eigenvalue weighted by atomic mass is 79.9. The standard InChI is InChI=1S/C11H11BrF3NO4/c1-2-19-8(17)3-6-5-16-10(20-11(13,14)15)9(18)7(6)4-12/h5,18H,2-4H2,1H3. The molecule has 0 aromatic carbocycles. The van der Waals surface area contributed by atoms with Gasteiger partial charge in [0, 0.05) is 17.1 Å². The van der Waals surface area contributed by atoms with Crippen LogP contribution in [-0.2, 0) is 21.3 Å². The summed E-state index contributed by atoms with van der Waals surface area (Å²) in [5.74, 6) is -2.29. The van der Waals surface area contributed by atoms with Crippen molar-refractivity contribution in [3.8, 4) is 11.6 Å². The third kappa shape index (κ3) is 4.55. The normalized spacial score (nSPS) is 11.2. The van der Waals surface area contributed by atoms with Crippen LogP contribution in [0, 0.1) is 0 Å². The van der Waals surface area contributed by atoms with Gasteiger partial charge in [-0.05, 0) is 12.5 Å². The fraction of sp³-hybridized carbons (Fsp3) is 0.455. The lowest BCUT2D eigenvalue weighted by Gasteiger charge is -2.13. The first-order valence-electron chi connectivity index (χ1n) is 5.45. The van der Waals surface area contributed by atoms with Crippen molar-refractivity contribution in [2.24, 2.45) is 0 Å². The number of halogens is 4. The van der Waals surface area contributed by atoms with Gasteiger partial charge in [0.1, 0.15) is 0 Å². The van der Waals surface area contributed by atoms with Gasteiger partial charge in [-0.25, -0.2) is 4.98 Å². The SMILES string of the molecule is CCOC(=O)Cc1cnc(OC(F)(F)F)c(O)c1CBr. The van der Waals surface area contributed by atoms with Crippen molar-refractivity contribution in [3.05, 3.63) is 17.3 Å². The molecule has 0 bridgehead atoms. The fourth-order valence-corrected chi connectivity index (χ4v) is 2.04. The average Bonchev–Trinajstić information content (AvgIpc) is 2.32. The Balaban J connectivity index is 3.05. The van der Waals surface area contributed by atoms with Gasteiger partial charge in [-0.1, -0.05) is 15.9 Å². The second-order valence-electron chi connectivity index (χ2n) is 3.58. The molecule has 0 atom stereocenters. The minimum absolute atomic E-state index is 0.0321. The lowest BCUT2D eigenvalue weighted by Crippen LogP contribution is -2.18. The molecular weight excluding hydrogens is 347 g/mol. The maximum atomic E-state index is 12.1. The van der Waals surface area contributed by atoms with E-state index in [1.54, 1.807) is 6.92 Å². The highest BCUT2D eigenvalue weighted by molar-refractivity contribution is 9.08. The zero-order chi connectivity index (χ0) is 15.3. The van der Waals surface area contributed by atoms with Crippen LogP contribution in [0.4, 0.5) is 13.2 Å². The number of ether oxygens (including phenoxy) is 2. The first-order chi connectivity index (χ1) is 9.28. The highest BCUT2D eigenvalue weighted by Gasteiger charge is 2.34. The van der Waals surface area contributed by atoms with E-state index >= 15 is 0 Å². The number of carbonyl (C=O) groups excluding carboxylic acids is 1. The molecule has 1 aromatic heterocycles. The molecule has 0 saturated heterocycles. The van der Waals surface area contributed by atoms with E-state index in [0.29, 0.717) is 0 Å². The second kappa shape index (κ2) is 6.78. The summed E-state index contributed by atoms with van der Waals surface area (Å²) >= 11 is 3.03. The van der Waals surface area contributed by atoms with Gasteiger partial charge >= 0.3 is 12.3 Å². The van der Waals surface area contributed by atoms with Crippen molar-refractivity contribution in [3.63, 3.8) is 0 Å². The third-order valence-electron chi connectivity index (χ3n) is 2.20. The summed E-state index contributed by atoms with van der Waals surface area (Å²) in [6.07, 6.45) is -4.13. The first kappa shape index (κ1) is 16.5. The second-order valence-corrected chi connectivity index (χ2v) is 4.14. The number of hydrogen-bond donors (Lipinski definition) is 1. The molecule has 1 rings (SSSR count). The van der Waals surface area contributed by atoms with E-state index in [0.717, 1.165) is 6.20 Å². The summed E-state index contributed by atoms with van der Waals surface area (Å²) < 4.78 is 44.6. The molecule has 1 heterocycles. The van der Waals surface area contributed by atoms with Crippen LogP contribution in [0.25, 0.3) is 0 Å². The molecule has 0 aliphatic carbocycles. The van der Waals surface area contributed by atoms with Gasteiger partial charge in [-0.2, -0.15) is 0 Å². The Bertz CT molecular complexity index is 493. The molecule has 20 heavy (non-hydrogen) atoms. The molecule has 1 aromatic rings. The molecule has 0 fully saturated rings. The summed E-state index contributed by atoms with van der Waals surface area (Å²) in [5, 5.41) is 9.74. The lowest BCUT2D eigenvalue weighted by atomic mass is 10.1. The Morgan fingerprint density at radius 2 is 2.15 bits per heavy atom. The van der Waals surface area contributed by atoms with Gasteiger partial charge < -0.3 is 14.6 Å². The Hall–Kier alpha value is -1.51. The van der Waals surface area contributed by atoms with Crippen molar-refractivity contribution in [1.82, 2.24) is 4.98 Å². The molecule has 0 aliphatic rings.